The van der Waals surface area contributed by atoms with E-state index in [-0.39, 0.29) is 0 Å². The van der Waals surface area contributed by atoms with Crippen LogP contribution in [0.2, 0.25) is 0 Å². The molecular formula is C82H70N4. The van der Waals surface area contributed by atoms with Crippen LogP contribution in [0.3, 0.4) is 0 Å². The largest absolute Gasteiger partial charge is 0.314 e. The van der Waals surface area contributed by atoms with Gasteiger partial charge in [0.25, 0.3) is 0 Å². The van der Waals surface area contributed by atoms with Gasteiger partial charge in [-0.05, 0) is 239 Å². The number of anilines is 11. The Kier molecular flexibility index (Phi) is 13.6. The Morgan fingerprint density at radius 3 is 0.721 bits per heavy atom. The topological polar surface area (TPSA) is 13.0 Å². The molecule has 14 rings (SSSR count). The van der Waals surface area contributed by atoms with E-state index >= 15 is 0 Å². The van der Waals surface area contributed by atoms with Crippen molar-refractivity contribution in [2.45, 2.75) is 67.2 Å². The van der Waals surface area contributed by atoms with Crippen molar-refractivity contribution in [1.82, 2.24) is 0 Å². The van der Waals surface area contributed by atoms with Gasteiger partial charge in [0.1, 0.15) is 0 Å². The molecule has 0 radical (unpaired) electrons. The van der Waals surface area contributed by atoms with Crippen molar-refractivity contribution in [2.24, 2.45) is 0 Å². The van der Waals surface area contributed by atoms with Gasteiger partial charge in [0.2, 0.25) is 0 Å². The first kappa shape index (κ1) is 53.8. The minimum atomic E-state index is -0.842. The number of hydrogen-bond donors (Lipinski definition) is 0. The first-order valence-electron chi connectivity index (χ1n) is 30.2. The van der Waals surface area contributed by atoms with Gasteiger partial charge in [-0.15, -0.1) is 0 Å². The smallest absolute Gasteiger partial charge is 0.0728 e. The zero-order valence-corrected chi connectivity index (χ0v) is 50.4. The third-order valence-corrected chi connectivity index (χ3v) is 17.8. The minimum Gasteiger partial charge on any atom is -0.314 e. The Balaban J connectivity index is 1.10. The van der Waals surface area contributed by atoms with Gasteiger partial charge < -0.3 is 19.6 Å². The highest BCUT2D eigenvalue weighted by Crippen LogP contribution is 2.65. The molecule has 0 saturated heterocycles. The number of fused-ring (bicyclic) bond motifs is 10. The van der Waals surface area contributed by atoms with E-state index in [1.807, 2.05) is 0 Å². The van der Waals surface area contributed by atoms with Gasteiger partial charge in [0.05, 0.1) is 5.41 Å². The molecule has 418 valence electrons. The highest BCUT2D eigenvalue weighted by Gasteiger charge is 2.53. The Morgan fingerprint density at radius 2 is 0.465 bits per heavy atom. The SMILES string of the molecule is CC1=CC=C(N(c2ccc(C)cc2)c2ccc3c(c2)C2(c4cc(N(c5ccc(C)cc5)c5ccc(C)cc5)ccc4-3)c3cc(N(c4ccc(C)cc4)c4ccc(C)cc4)ccc3-c3ccc(N(c4ccc(C)cc4)c4ccc(C)cc4)cc32)CC=C1. The maximum absolute atomic E-state index is 2.55. The van der Waals surface area contributed by atoms with Crippen molar-refractivity contribution in [3.8, 4) is 22.3 Å². The standard InChI is InChI=1S/C82H70N4/c1-54-10-9-11-62(27-12-54)83(63-28-13-55(2)14-29-63)70-42-46-74-75-47-43-71(84(64-30-15-56(3)16-31-64)65-32-17-57(4)18-33-65)51-79(75)82(78(74)50-70)80-52-72(85(66-34-19-58(5)20-35-66)67-36-21-59(6)22-37-67)44-48-76(80)77-49-45-73(53-81(77)82)86(68-38-23-60(7)24-39-68)69-40-25-61(8)26-41-69/h9-10,12-53H,11H2,1-8H3. The summed E-state index contributed by atoms with van der Waals surface area (Å²) >= 11 is 0. The van der Waals surface area contributed by atoms with Gasteiger partial charge in [-0.25, -0.2) is 0 Å². The van der Waals surface area contributed by atoms with Crippen LogP contribution >= 0.6 is 0 Å². The summed E-state index contributed by atoms with van der Waals surface area (Å²) in [5, 5.41) is 0. The average Bonchev–Trinajstić information content (AvgIpc) is 1.51. The van der Waals surface area contributed by atoms with Crippen molar-refractivity contribution in [3.05, 3.63) is 339 Å². The first-order valence-corrected chi connectivity index (χ1v) is 30.2. The van der Waals surface area contributed by atoms with Crippen LogP contribution in [0.15, 0.2) is 278 Å². The van der Waals surface area contributed by atoms with E-state index in [0.29, 0.717) is 0 Å². The summed E-state index contributed by atoms with van der Waals surface area (Å²) in [6.07, 6.45) is 9.90. The molecule has 0 bridgehead atoms. The lowest BCUT2D eigenvalue weighted by molar-refractivity contribution is 0.793. The monoisotopic (exact) mass is 1110 g/mol. The molecule has 86 heavy (non-hydrogen) atoms. The Bertz CT molecular complexity index is 4040. The average molecular weight is 1110 g/mol. The molecule has 11 aromatic rings. The van der Waals surface area contributed by atoms with Crippen LogP contribution in [-0.4, -0.2) is 0 Å². The summed E-state index contributed by atoms with van der Waals surface area (Å²) < 4.78 is 0. The molecule has 3 aliphatic carbocycles. The van der Waals surface area contributed by atoms with Gasteiger partial charge >= 0.3 is 0 Å². The lowest BCUT2D eigenvalue weighted by Gasteiger charge is -2.35. The van der Waals surface area contributed by atoms with Gasteiger partial charge in [0.15, 0.2) is 0 Å². The van der Waals surface area contributed by atoms with Crippen molar-refractivity contribution >= 4 is 62.6 Å². The molecule has 4 nitrogen and oxygen atoms in total. The summed E-state index contributed by atoms with van der Waals surface area (Å²) in [4.78, 5) is 9.82. The summed E-state index contributed by atoms with van der Waals surface area (Å²) in [5.41, 5.74) is 32.1. The summed E-state index contributed by atoms with van der Waals surface area (Å²) in [6, 6.07) is 92.2. The molecule has 0 fully saturated rings. The number of benzene rings is 11. The zero-order chi connectivity index (χ0) is 58.8. The fourth-order valence-corrected chi connectivity index (χ4v) is 13.3. The van der Waals surface area contributed by atoms with Gasteiger partial charge in [0, 0.05) is 74.7 Å². The fraction of sp³-hybridized carbons (Fsp3) is 0.122. The molecule has 11 aromatic carbocycles. The molecule has 3 aliphatic rings. The quantitative estimate of drug-likeness (QED) is 0.121. The second-order valence-electron chi connectivity index (χ2n) is 24.0. The zero-order valence-electron chi connectivity index (χ0n) is 50.4. The van der Waals surface area contributed by atoms with Crippen LogP contribution in [0.4, 0.5) is 62.6 Å². The van der Waals surface area contributed by atoms with Crippen LogP contribution < -0.4 is 19.6 Å². The molecule has 0 heterocycles. The molecule has 0 atom stereocenters. The Hall–Kier alpha value is -10.2. The third-order valence-electron chi connectivity index (χ3n) is 17.8. The van der Waals surface area contributed by atoms with E-state index in [1.165, 1.54) is 94.7 Å². The van der Waals surface area contributed by atoms with Crippen molar-refractivity contribution in [2.75, 3.05) is 19.6 Å². The molecule has 4 heteroatoms. The normalized spacial score (nSPS) is 13.3. The highest BCUT2D eigenvalue weighted by atomic mass is 15.2. The molecule has 0 saturated carbocycles. The van der Waals surface area contributed by atoms with Crippen LogP contribution in [0.5, 0.6) is 0 Å². The van der Waals surface area contributed by atoms with Crippen LogP contribution in [0, 0.1) is 48.5 Å². The number of rotatable bonds is 12. The van der Waals surface area contributed by atoms with Crippen molar-refractivity contribution < 1.29 is 0 Å². The van der Waals surface area contributed by atoms with Crippen molar-refractivity contribution in [3.63, 3.8) is 0 Å². The predicted octanol–water partition coefficient (Wildman–Crippen LogP) is 22.5. The van der Waals surface area contributed by atoms with Gasteiger partial charge in [-0.1, -0.05) is 172 Å². The van der Waals surface area contributed by atoms with Crippen molar-refractivity contribution in [1.29, 1.82) is 0 Å². The second-order valence-corrected chi connectivity index (χ2v) is 24.0. The summed E-state index contributed by atoms with van der Waals surface area (Å²) in [6.45, 7) is 17.4. The molecule has 0 aliphatic heterocycles. The van der Waals surface area contributed by atoms with Crippen LogP contribution in [-0.2, 0) is 5.41 Å². The maximum atomic E-state index is 2.55. The van der Waals surface area contributed by atoms with E-state index in [4.69, 9.17) is 0 Å². The van der Waals surface area contributed by atoms with E-state index in [9.17, 15) is 0 Å². The van der Waals surface area contributed by atoms with E-state index in [1.54, 1.807) is 0 Å². The van der Waals surface area contributed by atoms with E-state index in [0.717, 1.165) is 69.0 Å². The van der Waals surface area contributed by atoms with Crippen LogP contribution in [0.1, 0.15) is 74.5 Å². The predicted molar refractivity (Wildman–Crippen MR) is 364 cm³/mol. The maximum Gasteiger partial charge on any atom is 0.0728 e. The molecule has 0 amide bonds. The Morgan fingerprint density at radius 1 is 0.244 bits per heavy atom. The number of hydrogen-bond acceptors (Lipinski definition) is 4. The minimum absolute atomic E-state index is 0.779. The molecule has 1 spiro atoms. The summed E-state index contributed by atoms with van der Waals surface area (Å²) in [7, 11) is 0. The lowest BCUT2D eigenvalue weighted by Crippen LogP contribution is -2.27. The molecule has 0 N–H and O–H groups in total. The highest BCUT2D eigenvalue weighted by molar-refractivity contribution is 6.00. The number of aryl methyl sites for hydroxylation is 7. The van der Waals surface area contributed by atoms with Gasteiger partial charge in [-0.3, -0.25) is 0 Å². The first-order chi connectivity index (χ1) is 41.9. The molecular weight excluding hydrogens is 1040 g/mol. The number of allylic oxidation sites excluding steroid dienone is 5. The van der Waals surface area contributed by atoms with Gasteiger partial charge in [-0.2, -0.15) is 0 Å². The lowest BCUT2D eigenvalue weighted by atomic mass is 9.70. The third kappa shape index (κ3) is 9.52. The molecule has 0 aromatic heterocycles. The molecule has 0 unspecified atom stereocenters. The van der Waals surface area contributed by atoms with E-state index < -0.39 is 5.41 Å². The summed E-state index contributed by atoms with van der Waals surface area (Å²) in [5.74, 6) is 0. The van der Waals surface area contributed by atoms with Crippen LogP contribution in [0.25, 0.3) is 22.3 Å². The second kappa shape index (κ2) is 21.8. The number of nitrogens with zero attached hydrogens (tertiary/aromatic N) is 4. The fourth-order valence-electron chi connectivity index (χ4n) is 13.3. The van der Waals surface area contributed by atoms with E-state index in [2.05, 4.69) is 342 Å². The Labute approximate surface area is 508 Å².